The molecule has 1 aliphatic carbocycles. The summed E-state index contributed by atoms with van der Waals surface area (Å²) in [6, 6.07) is 4.75. The monoisotopic (exact) mass is 562 g/mol. The first kappa shape index (κ1) is 23.3. The highest BCUT2D eigenvalue weighted by molar-refractivity contribution is 9.12. The van der Waals surface area contributed by atoms with Gasteiger partial charge in [0.15, 0.2) is 0 Å². The van der Waals surface area contributed by atoms with Crippen molar-refractivity contribution in [2.45, 2.75) is 28.1 Å². The minimum Gasteiger partial charge on any atom is -0.217 e. The van der Waals surface area contributed by atoms with E-state index in [2.05, 4.69) is 31.9 Å². The molecule has 13 heteroatoms. The molecule has 0 N–H and O–H groups in total. The second kappa shape index (κ2) is 7.08. The van der Waals surface area contributed by atoms with Gasteiger partial charge in [0.1, 0.15) is 5.82 Å². The van der Waals surface area contributed by atoms with E-state index in [1.54, 1.807) is 0 Å². The molecule has 0 aliphatic heterocycles. The Kier molecular flexibility index (Phi) is 5.90. The van der Waals surface area contributed by atoms with E-state index in [4.69, 9.17) is 0 Å². The largest absolute Gasteiger partial charge is 0.461 e. The summed E-state index contributed by atoms with van der Waals surface area (Å²) in [6.45, 7) is 0. The summed E-state index contributed by atoms with van der Waals surface area (Å²) in [4.78, 5) is -1.53. The lowest BCUT2D eigenvalue weighted by molar-refractivity contribution is -0.331. The van der Waals surface area contributed by atoms with Crippen molar-refractivity contribution in [2.75, 3.05) is 0 Å². The van der Waals surface area contributed by atoms with E-state index >= 15 is 0 Å². The highest BCUT2D eigenvalue weighted by Crippen LogP contribution is 2.53. The van der Waals surface area contributed by atoms with Crippen LogP contribution in [0.15, 0.2) is 45.8 Å². The average molecular weight is 564 g/mol. The maximum absolute atomic E-state index is 14.1. The van der Waals surface area contributed by atoms with Crippen molar-refractivity contribution in [2.24, 2.45) is 0 Å². The van der Waals surface area contributed by atoms with Gasteiger partial charge in [0, 0.05) is 12.0 Å². The van der Waals surface area contributed by atoms with Crippen LogP contribution in [-0.2, 0) is 14.2 Å². The van der Waals surface area contributed by atoms with Crippen LogP contribution in [0.1, 0.15) is 12.0 Å². The van der Waals surface area contributed by atoms with Crippen LogP contribution in [0, 0.1) is 5.82 Å². The molecule has 2 rings (SSSR count). The van der Waals surface area contributed by atoms with Gasteiger partial charge in [-0.1, -0.05) is 50.1 Å². The molecule has 0 saturated carbocycles. The number of halogens is 10. The van der Waals surface area contributed by atoms with E-state index in [0.717, 1.165) is 6.07 Å². The van der Waals surface area contributed by atoms with Gasteiger partial charge in [-0.15, -0.1) is 0 Å². The normalized spacial score (nSPS) is 21.9. The van der Waals surface area contributed by atoms with Gasteiger partial charge in [0.25, 0.3) is 0 Å². The molecule has 0 spiro atoms. The van der Waals surface area contributed by atoms with Crippen molar-refractivity contribution in [3.8, 4) is 0 Å². The van der Waals surface area contributed by atoms with Gasteiger partial charge in [-0.2, -0.15) is 30.7 Å². The number of benzene rings is 1. The average Bonchev–Trinajstić information content (AvgIpc) is 2.52. The van der Waals surface area contributed by atoms with Crippen molar-refractivity contribution in [3.05, 3.63) is 57.2 Å². The molecule has 156 valence electrons. The number of hydrogen-bond acceptors (Lipinski definition) is 2. The summed E-state index contributed by atoms with van der Waals surface area (Å²) >= 11 is 5.80. The Labute approximate surface area is 170 Å². The maximum atomic E-state index is 14.1. The van der Waals surface area contributed by atoms with Gasteiger partial charge in [-0.05, 0) is 22.7 Å². The van der Waals surface area contributed by atoms with E-state index in [-0.39, 0.29) is 16.5 Å². The van der Waals surface area contributed by atoms with Crippen molar-refractivity contribution in [1.82, 2.24) is 0 Å². The van der Waals surface area contributed by atoms with E-state index in [1.165, 1.54) is 18.2 Å². The number of sulfone groups is 1. The molecule has 1 aliphatic rings. The summed E-state index contributed by atoms with van der Waals surface area (Å²) in [5.74, 6) is -7.74. The van der Waals surface area contributed by atoms with Crippen LogP contribution in [0.25, 0.3) is 0 Å². The zero-order valence-electron chi connectivity index (χ0n) is 13.2. The molecule has 0 aromatic heterocycles. The van der Waals surface area contributed by atoms with E-state index in [9.17, 15) is 43.5 Å². The Morgan fingerprint density at radius 1 is 1.00 bits per heavy atom. The molecule has 1 unspecified atom stereocenters. The van der Waals surface area contributed by atoms with Crippen LogP contribution >= 0.6 is 31.9 Å². The smallest absolute Gasteiger partial charge is 0.217 e. The Bertz CT molecular complexity index is 953. The third-order valence-corrected chi connectivity index (χ3v) is 7.02. The summed E-state index contributed by atoms with van der Waals surface area (Å²) in [6.07, 6.45) is -6.12. The van der Waals surface area contributed by atoms with Crippen LogP contribution in [0.4, 0.5) is 35.1 Å². The molecule has 28 heavy (non-hydrogen) atoms. The lowest BCUT2D eigenvalue weighted by Crippen LogP contribution is -2.56. The topological polar surface area (TPSA) is 34.1 Å². The first-order valence-electron chi connectivity index (χ1n) is 7.07. The van der Waals surface area contributed by atoms with Gasteiger partial charge in [0.2, 0.25) is 9.84 Å². The zero-order valence-corrected chi connectivity index (χ0v) is 17.2. The lowest BCUT2D eigenvalue weighted by Gasteiger charge is -2.32. The van der Waals surface area contributed by atoms with Gasteiger partial charge in [0.05, 0.1) is 9.23 Å². The molecule has 0 fully saturated rings. The Hall–Kier alpha value is -0.950. The van der Waals surface area contributed by atoms with Gasteiger partial charge in [-0.25, -0.2) is 12.8 Å². The van der Waals surface area contributed by atoms with Crippen LogP contribution in [0.3, 0.4) is 0 Å². The molecule has 0 bridgehead atoms. The fourth-order valence-corrected chi connectivity index (χ4v) is 6.02. The highest BCUT2D eigenvalue weighted by atomic mass is 79.9. The molecular formula is C15H8Br2F8O2S. The second-order valence-electron chi connectivity index (χ2n) is 5.75. The fraction of sp³-hybridized carbons (Fsp3) is 0.333. The number of rotatable bonds is 4. The zero-order chi connectivity index (χ0) is 21.8. The van der Waals surface area contributed by atoms with Crippen LogP contribution in [-0.4, -0.2) is 25.8 Å². The van der Waals surface area contributed by atoms with Crippen LogP contribution < -0.4 is 0 Å². The highest BCUT2D eigenvalue weighted by Gasteiger charge is 2.79. The standard InChI is InChI=1S/C15H8Br2F8O2S/c16-8-5-9(7-12(17,6-8)10-3-1-2-4-11(10)18)28(26,27)15(24,25)13(19,20)14(21,22)23/h1-5,7H,6H2. The third-order valence-electron chi connectivity index (χ3n) is 3.79. The third kappa shape index (κ3) is 3.64. The number of alkyl halides is 8. The van der Waals surface area contributed by atoms with E-state index < -0.39 is 42.2 Å². The van der Waals surface area contributed by atoms with Crippen molar-refractivity contribution in [1.29, 1.82) is 0 Å². The molecule has 0 amide bonds. The minimum absolute atomic E-state index is 0.153. The summed E-state index contributed by atoms with van der Waals surface area (Å²) < 4.78 is 128. The summed E-state index contributed by atoms with van der Waals surface area (Å²) in [7, 11) is -6.53. The Morgan fingerprint density at radius 3 is 2.04 bits per heavy atom. The molecule has 2 nitrogen and oxygen atoms in total. The van der Waals surface area contributed by atoms with Crippen LogP contribution in [0.5, 0.6) is 0 Å². The molecule has 0 radical (unpaired) electrons. The molecule has 1 aromatic carbocycles. The van der Waals surface area contributed by atoms with E-state index in [1.807, 2.05) is 0 Å². The quantitative estimate of drug-likeness (QED) is 0.323. The van der Waals surface area contributed by atoms with Crippen molar-refractivity contribution < 1.29 is 43.5 Å². The predicted molar refractivity (Wildman–Crippen MR) is 91.6 cm³/mol. The molecule has 1 aromatic rings. The molecule has 0 heterocycles. The lowest BCUT2D eigenvalue weighted by atomic mass is 9.92. The maximum Gasteiger partial charge on any atom is 0.461 e. The number of allylic oxidation sites excluding steroid dienone is 3. The number of hydrogen-bond donors (Lipinski definition) is 0. The Balaban J connectivity index is 2.68. The van der Waals surface area contributed by atoms with Crippen molar-refractivity contribution in [3.63, 3.8) is 0 Å². The Morgan fingerprint density at radius 2 is 1.54 bits per heavy atom. The summed E-state index contributed by atoms with van der Waals surface area (Å²) in [5.41, 5.74) is -0.237. The SMILES string of the molecule is O=S(=O)(C1=CC(Br)(c2ccccc2F)CC(Br)=C1)C(F)(F)C(F)(F)C(F)(F)F. The van der Waals surface area contributed by atoms with Gasteiger partial charge < -0.3 is 0 Å². The first-order chi connectivity index (χ1) is 12.5. The van der Waals surface area contributed by atoms with Crippen molar-refractivity contribution >= 4 is 41.7 Å². The second-order valence-corrected chi connectivity index (χ2v) is 10.2. The van der Waals surface area contributed by atoms with Gasteiger partial charge >= 0.3 is 17.4 Å². The van der Waals surface area contributed by atoms with E-state index in [0.29, 0.717) is 12.2 Å². The molecule has 0 saturated heterocycles. The molecular weight excluding hydrogens is 556 g/mol. The first-order valence-corrected chi connectivity index (χ1v) is 10.1. The predicted octanol–water partition coefficient (Wildman–Crippen LogP) is 6.19. The molecule has 1 atom stereocenters. The summed E-state index contributed by atoms with van der Waals surface area (Å²) in [5, 5.41) is -6.51. The minimum atomic E-state index is -6.86. The van der Waals surface area contributed by atoms with Gasteiger partial charge in [-0.3, -0.25) is 0 Å². The van der Waals surface area contributed by atoms with Crippen LogP contribution in [0.2, 0.25) is 0 Å². The fourth-order valence-electron chi connectivity index (χ4n) is 2.38.